The lowest BCUT2D eigenvalue weighted by atomic mass is 9.97. The van der Waals surface area contributed by atoms with Gasteiger partial charge in [-0.15, -0.1) is 0 Å². The normalized spacial score (nSPS) is 19.2. The summed E-state index contributed by atoms with van der Waals surface area (Å²) in [5.74, 6) is 0.661. The molecule has 0 aromatic carbocycles. The average Bonchev–Trinajstić information content (AvgIpc) is 2.25. The molecule has 0 unspecified atom stereocenters. The molecule has 0 aromatic heterocycles. The van der Waals surface area contributed by atoms with Crippen LogP contribution in [0.15, 0.2) is 0 Å². The Kier molecular flexibility index (Phi) is 8.72. The number of hydrogen-bond acceptors (Lipinski definition) is 2. The summed E-state index contributed by atoms with van der Waals surface area (Å²) in [6.45, 7) is 7.35. The van der Waals surface area contributed by atoms with E-state index in [1.54, 1.807) is 0 Å². The highest BCUT2D eigenvalue weighted by Crippen LogP contribution is 2.16. The molecule has 1 N–H and O–H groups in total. The van der Waals surface area contributed by atoms with Crippen LogP contribution in [0.5, 0.6) is 0 Å². The maximum atomic E-state index is 5.59. The van der Waals surface area contributed by atoms with Crippen LogP contribution in [0.1, 0.15) is 65.2 Å². The molecular weight excluding hydrogens is 210 g/mol. The van der Waals surface area contributed by atoms with Gasteiger partial charge in [-0.2, -0.15) is 0 Å². The van der Waals surface area contributed by atoms with Crippen molar-refractivity contribution in [2.24, 2.45) is 5.92 Å². The van der Waals surface area contributed by atoms with Gasteiger partial charge in [0.1, 0.15) is 0 Å². The van der Waals surface area contributed by atoms with Crippen molar-refractivity contribution in [2.45, 2.75) is 71.3 Å². The van der Waals surface area contributed by atoms with Crippen LogP contribution in [0.4, 0.5) is 0 Å². The largest absolute Gasteiger partial charge is 0.381 e. The standard InChI is InChI=1S/C15H31NO/c1-14(2)13-17-12-8-11-16-15-9-6-4-3-5-7-10-15/h14-16H,3-13H2,1-2H3. The second-order valence-electron chi connectivity index (χ2n) is 5.82. The van der Waals surface area contributed by atoms with Crippen molar-refractivity contribution in [3.8, 4) is 0 Å². The van der Waals surface area contributed by atoms with Crippen LogP contribution in [-0.2, 0) is 4.74 Å². The van der Waals surface area contributed by atoms with Crippen LogP contribution in [0.25, 0.3) is 0 Å². The first-order valence-electron chi connectivity index (χ1n) is 7.60. The molecule has 0 heterocycles. The lowest BCUT2D eigenvalue weighted by molar-refractivity contribution is 0.107. The second-order valence-corrected chi connectivity index (χ2v) is 5.82. The summed E-state index contributed by atoms with van der Waals surface area (Å²) in [6, 6.07) is 0.778. The highest BCUT2D eigenvalue weighted by Gasteiger charge is 2.09. The first kappa shape index (κ1) is 15.0. The maximum Gasteiger partial charge on any atom is 0.0489 e. The number of ether oxygens (including phenoxy) is 1. The summed E-state index contributed by atoms with van der Waals surface area (Å²) >= 11 is 0. The Bertz CT molecular complexity index is 162. The molecule has 0 spiro atoms. The first-order chi connectivity index (χ1) is 8.29. The fourth-order valence-electron chi connectivity index (χ4n) is 2.46. The van der Waals surface area contributed by atoms with Crippen molar-refractivity contribution >= 4 is 0 Å². The van der Waals surface area contributed by atoms with Gasteiger partial charge in [-0.25, -0.2) is 0 Å². The van der Waals surface area contributed by atoms with Crippen LogP contribution in [-0.4, -0.2) is 25.8 Å². The first-order valence-corrected chi connectivity index (χ1v) is 7.60. The molecule has 17 heavy (non-hydrogen) atoms. The van der Waals surface area contributed by atoms with Gasteiger partial charge >= 0.3 is 0 Å². The molecule has 2 heteroatoms. The quantitative estimate of drug-likeness (QED) is 0.685. The van der Waals surface area contributed by atoms with Crippen LogP contribution >= 0.6 is 0 Å². The highest BCUT2D eigenvalue weighted by atomic mass is 16.5. The Morgan fingerprint density at radius 2 is 1.71 bits per heavy atom. The Balaban J connectivity index is 1.93. The van der Waals surface area contributed by atoms with Gasteiger partial charge in [-0.3, -0.25) is 0 Å². The summed E-state index contributed by atoms with van der Waals surface area (Å²) in [5, 5.41) is 3.70. The third-order valence-electron chi connectivity index (χ3n) is 3.45. The third-order valence-corrected chi connectivity index (χ3v) is 3.45. The summed E-state index contributed by atoms with van der Waals surface area (Å²) in [6.07, 6.45) is 11.1. The van der Waals surface area contributed by atoms with Crippen LogP contribution in [0.2, 0.25) is 0 Å². The van der Waals surface area contributed by atoms with E-state index >= 15 is 0 Å². The van der Waals surface area contributed by atoms with Gasteiger partial charge in [0.05, 0.1) is 0 Å². The molecule has 1 aliphatic carbocycles. The van der Waals surface area contributed by atoms with E-state index in [9.17, 15) is 0 Å². The fraction of sp³-hybridized carbons (Fsp3) is 1.00. The molecule has 0 bridgehead atoms. The zero-order valence-electron chi connectivity index (χ0n) is 11.8. The molecule has 102 valence electrons. The van der Waals surface area contributed by atoms with Gasteiger partial charge in [0.2, 0.25) is 0 Å². The molecule has 0 amide bonds. The molecule has 2 nitrogen and oxygen atoms in total. The van der Waals surface area contributed by atoms with Gasteiger partial charge < -0.3 is 10.1 Å². The van der Waals surface area contributed by atoms with Gasteiger partial charge in [0.25, 0.3) is 0 Å². The summed E-state index contributed by atoms with van der Waals surface area (Å²) < 4.78 is 5.59. The van der Waals surface area contributed by atoms with Gasteiger partial charge in [0.15, 0.2) is 0 Å². The minimum Gasteiger partial charge on any atom is -0.381 e. The molecule has 0 atom stereocenters. The van der Waals surface area contributed by atoms with E-state index in [1.807, 2.05) is 0 Å². The van der Waals surface area contributed by atoms with E-state index in [0.29, 0.717) is 5.92 Å². The Labute approximate surface area is 108 Å². The van der Waals surface area contributed by atoms with Crippen molar-refractivity contribution in [1.82, 2.24) is 5.32 Å². The van der Waals surface area contributed by atoms with Crippen LogP contribution in [0, 0.1) is 5.92 Å². The maximum absolute atomic E-state index is 5.59. The molecule has 1 fully saturated rings. The smallest absolute Gasteiger partial charge is 0.0489 e. The predicted octanol–water partition coefficient (Wildman–Crippen LogP) is 3.75. The SMILES string of the molecule is CC(C)COCCCNC1CCCCCCC1. The number of nitrogens with one attached hydrogen (secondary N) is 1. The van der Waals surface area contributed by atoms with Crippen LogP contribution < -0.4 is 5.32 Å². The van der Waals surface area contributed by atoms with E-state index in [-0.39, 0.29) is 0 Å². The Morgan fingerprint density at radius 1 is 1.06 bits per heavy atom. The molecule has 0 aliphatic heterocycles. The van der Waals surface area contributed by atoms with E-state index in [0.717, 1.165) is 32.2 Å². The van der Waals surface area contributed by atoms with E-state index in [2.05, 4.69) is 19.2 Å². The minimum atomic E-state index is 0.661. The van der Waals surface area contributed by atoms with Gasteiger partial charge in [-0.1, -0.05) is 46.0 Å². The zero-order valence-corrected chi connectivity index (χ0v) is 11.8. The predicted molar refractivity (Wildman–Crippen MR) is 74.4 cm³/mol. The lowest BCUT2D eigenvalue weighted by Gasteiger charge is -2.21. The molecule has 0 radical (unpaired) electrons. The number of rotatable bonds is 7. The highest BCUT2D eigenvalue weighted by molar-refractivity contribution is 4.69. The monoisotopic (exact) mass is 241 g/mol. The second kappa shape index (κ2) is 9.90. The van der Waals surface area contributed by atoms with Crippen molar-refractivity contribution in [2.75, 3.05) is 19.8 Å². The summed E-state index contributed by atoms with van der Waals surface area (Å²) in [7, 11) is 0. The summed E-state index contributed by atoms with van der Waals surface area (Å²) in [4.78, 5) is 0. The fourth-order valence-corrected chi connectivity index (χ4v) is 2.46. The van der Waals surface area contributed by atoms with Gasteiger partial charge in [-0.05, 0) is 31.7 Å². The zero-order chi connectivity index (χ0) is 12.3. The van der Waals surface area contributed by atoms with Gasteiger partial charge in [0, 0.05) is 19.3 Å². The molecule has 1 aliphatic rings. The lowest BCUT2D eigenvalue weighted by Crippen LogP contribution is -2.31. The van der Waals surface area contributed by atoms with Crippen molar-refractivity contribution in [3.05, 3.63) is 0 Å². The number of hydrogen-bond donors (Lipinski definition) is 1. The van der Waals surface area contributed by atoms with Crippen LogP contribution in [0.3, 0.4) is 0 Å². The summed E-state index contributed by atoms with van der Waals surface area (Å²) in [5.41, 5.74) is 0. The van der Waals surface area contributed by atoms with Crippen molar-refractivity contribution in [3.63, 3.8) is 0 Å². The topological polar surface area (TPSA) is 21.3 Å². The van der Waals surface area contributed by atoms with Crippen molar-refractivity contribution < 1.29 is 4.74 Å². The molecule has 0 aromatic rings. The van der Waals surface area contributed by atoms with Crippen molar-refractivity contribution in [1.29, 1.82) is 0 Å². The molecule has 0 saturated heterocycles. The molecule has 1 rings (SSSR count). The molecular formula is C15H31NO. The third kappa shape index (κ3) is 8.62. The minimum absolute atomic E-state index is 0.661. The van der Waals surface area contributed by atoms with E-state index < -0.39 is 0 Å². The average molecular weight is 241 g/mol. The Hall–Kier alpha value is -0.0800. The van der Waals surface area contributed by atoms with E-state index in [1.165, 1.54) is 44.9 Å². The Morgan fingerprint density at radius 3 is 2.35 bits per heavy atom. The molecule has 1 saturated carbocycles. The van der Waals surface area contributed by atoms with E-state index in [4.69, 9.17) is 4.74 Å².